The second-order valence-corrected chi connectivity index (χ2v) is 27.2. The molecule has 5 rings (SSSR count). The van der Waals surface area contributed by atoms with Gasteiger partial charge in [-0.15, -0.1) is 0 Å². The van der Waals surface area contributed by atoms with E-state index in [0.29, 0.717) is 36.2 Å². The van der Waals surface area contributed by atoms with Crippen molar-refractivity contribution in [2.24, 2.45) is 53.3 Å². The van der Waals surface area contributed by atoms with Gasteiger partial charge in [-0.3, -0.25) is 0 Å². The Bertz CT molecular complexity index is 2190. The predicted octanol–water partition coefficient (Wildman–Crippen LogP) is 23.6. The van der Waals surface area contributed by atoms with Gasteiger partial charge >= 0.3 is 0 Å². The van der Waals surface area contributed by atoms with Crippen LogP contribution in [0.2, 0.25) is 0 Å². The van der Waals surface area contributed by atoms with Crippen LogP contribution in [0.4, 0.5) is 0 Å². The van der Waals surface area contributed by atoms with Crippen molar-refractivity contribution in [2.45, 2.75) is 236 Å². The summed E-state index contributed by atoms with van der Waals surface area (Å²) in [7, 11) is 0. The highest BCUT2D eigenvalue weighted by Crippen LogP contribution is 2.14. The highest BCUT2D eigenvalue weighted by atomic mass is 16.3. The van der Waals surface area contributed by atoms with E-state index in [9.17, 15) is 0 Å². The minimum atomic E-state index is 0.201. The third-order valence-corrected chi connectivity index (χ3v) is 12.6. The Balaban J connectivity index is -0.000000435. The van der Waals surface area contributed by atoms with E-state index >= 15 is 0 Å². The molecule has 0 aliphatic heterocycles. The zero-order chi connectivity index (χ0) is 65.5. The Morgan fingerprint density at radius 2 is 0.812 bits per heavy atom. The lowest BCUT2D eigenvalue weighted by molar-refractivity contribution is 0.224. The van der Waals surface area contributed by atoms with E-state index in [1.807, 2.05) is 32.0 Å². The number of aliphatic hydroxyl groups excluding tert-OH is 3. The van der Waals surface area contributed by atoms with Crippen molar-refractivity contribution in [3.8, 4) is 0 Å². The molecule has 0 saturated carbocycles. The summed E-state index contributed by atoms with van der Waals surface area (Å²) in [4.78, 5) is 0. The van der Waals surface area contributed by atoms with E-state index in [2.05, 4.69) is 280 Å². The second kappa shape index (κ2) is 58.3. The van der Waals surface area contributed by atoms with Crippen LogP contribution >= 0.6 is 0 Å². The van der Waals surface area contributed by atoms with Crippen molar-refractivity contribution < 1.29 is 19.7 Å². The number of furan rings is 1. The molecule has 4 nitrogen and oxygen atoms in total. The molecular formula is C81H136O4. The molecule has 1 atom stereocenters. The fourth-order valence-corrected chi connectivity index (χ4v) is 7.35. The van der Waals surface area contributed by atoms with E-state index in [4.69, 9.17) is 19.7 Å². The fourth-order valence-electron chi connectivity index (χ4n) is 7.35. The number of hydrogen-bond donors (Lipinski definition) is 3. The molecule has 0 bridgehead atoms. The SMILES string of the molecule is C/C(=C/CC(C)C)CO.C/C(=C\CC(C)C)CO.CC(C)=CCC(C)C.CC(C)CCC(C)CO.CC(C)CCc1ccccc1.CC(C)Cc1ccccc1.CC(C)Cc1ccco1.CC(C)c1ccccc1.Cc1cccc(CC(C)C)c1. The van der Waals surface area contributed by atoms with Crippen molar-refractivity contribution in [3.63, 3.8) is 0 Å². The molecule has 0 fully saturated rings. The number of allylic oxidation sites excluding steroid dienone is 4. The standard InChI is InChI=1S/2C11H16.C10H14.C9H12.C8H12O.C8H18O.2C8H16O.C8H16/c1-9(2)7-11-6-4-5-10(3)8-11;1-10(2)8-9-11-6-4-3-5-7-11;1-9(2)8-10-6-4-3-5-7-10;1-8(2)9-6-4-3-5-7-9;1-7(2)6-8-4-3-5-9-8;3*1-7(2)4-5-8(3)6-9;1-7(2)5-6-8(3)4/h4-6,8-9H,7H2,1-3H3;3-7,10H,8-9H2,1-2H3;3-7,9H,8H2,1-2H3;3-8H,1-2H3;3-5,7H,6H2,1-2H3;7-9H,4-6H2,1-3H3;2*5,7,9H,4,6H2,1-3H3;5,8H,6H2,1-4H3/b;;;;;;8-5+;8-5-;. The molecule has 0 saturated heterocycles. The first-order valence-electron chi connectivity index (χ1n) is 33.0. The summed E-state index contributed by atoms with van der Waals surface area (Å²) >= 11 is 0. The summed E-state index contributed by atoms with van der Waals surface area (Å²) in [5, 5.41) is 25.8. The minimum Gasteiger partial charge on any atom is -0.469 e. The van der Waals surface area contributed by atoms with Gasteiger partial charge in [0.25, 0.3) is 0 Å². The van der Waals surface area contributed by atoms with Crippen LogP contribution in [-0.4, -0.2) is 35.1 Å². The number of aliphatic hydroxyl groups is 3. The van der Waals surface area contributed by atoms with Crippen molar-refractivity contribution in [1.82, 2.24) is 0 Å². The summed E-state index contributed by atoms with van der Waals surface area (Å²) in [6.45, 7) is 53.0. The molecule has 3 N–H and O–H groups in total. The monoisotopic (exact) mass is 1170 g/mol. The Hall–Kier alpha value is -4.74. The molecule has 1 heterocycles. The van der Waals surface area contributed by atoms with Crippen LogP contribution in [0.15, 0.2) is 173 Å². The molecule has 4 heteroatoms. The molecule has 4 aromatic carbocycles. The largest absolute Gasteiger partial charge is 0.469 e. The van der Waals surface area contributed by atoms with Crippen LogP contribution in [0.1, 0.15) is 237 Å². The predicted molar refractivity (Wildman–Crippen MR) is 382 cm³/mol. The molecule has 1 aromatic heterocycles. The molecular weight excluding hydrogens is 1040 g/mol. The Labute approximate surface area is 528 Å². The first kappa shape index (κ1) is 86.7. The van der Waals surface area contributed by atoms with Gasteiger partial charge in [0, 0.05) is 13.0 Å². The maximum Gasteiger partial charge on any atom is 0.104 e. The lowest BCUT2D eigenvalue weighted by atomic mass is 10.0. The van der Waals surface area contributed by atoms with Gasteiger partial charge in [-0.25, -0.2) is 0 Å². The summed E-state index contributed by atoms with van der Waals surface area (Å²) in [6.07, 6.45) is 19.9. The first-order chi connectivity index (χ1) is 40.0. The van der Waals surface area contributed by atoms with Crippen molar-refractivity contribution in [2.75, 3.05) is 19.8 Å². The van der Waals surface area contributed by atoms with E-state index in [1.165, 1.54) is 71.9 Å². The molecule has 0 radical (unpaired) electrons. The van der Waals surface area contributed by atoms with Crippen LogP contribution in [0.5, 0.6) is 0 Å². The van der Waals surface area contributed by atoms with Crippen LogP contribution in [0.3, 0.4) is 0 Å². The van der Waals surface area contributed by atoms with E-state index in [1.54, 1.807) is 6.26 Å². The van der Waals surface area contributed by atoms with Crippen molar-refractivity contribution >= 4 is 0 Å². The van der Waals surface area contributed by atoms with Crippen LogP contribution in [-0.2, 0) is 25.7 Å². The maximum atomic E-state index is 8.65. The minimum absolute atomic E-state index is 0.201. The molecule has 0 aliphatic carbocycles. The Morgan fingerprint density at radius 1 is 0.400 bits per heavy atom. The third-order valence-electron chi connectivity index (χ3n) is 12.6. The van der Waals surface area contributed by atoms with Gasteiger partial charge < -0.3 is 19.7 Å². The van der Waals surface area contributed by atoms with Gasteiger partial charge in [-0.05, 0) is 180 Å². The quantitative estimate of drug-likeness (QED) is 0.0604. The summed E-state index contributed by atoms with van der Waals surface area (Å²) < 4.78 is 5.14. The molecule has 85 heavy (non-hydrogen) atoms. The molecule has 484 valence electrons. The van der Waals surface area contributed by atoms with Gasteiger partial charge in [-0.2, -0.15) is 0 Å². The molecule has 0 amide bonds. The molecule has 0 aliphatic rings. The van der Waals surface area contributed by atoms with E-state index < -0.39 is 0 Å². The fraction of sp³-hybridized carbons (Fsp3) is 0.580. The van der Waals surface area contributed by atoms with E-state index in [-0.39, 0.29) is 13.2 Å². The van der Waals surface area contributed by atoms with Gasteiger partial charge in [0.15, 0.2) is 0 Å². The number of aryl methyl sites for hydroxylation is 2. The molecule has 1 unspecified atom stereocenters. The summed E-state index contributed by atoms with van der Waals surface area (Å²) in [6, 6.07) is 44.5. The lowest BCUT2D eigenvalue weighted by Gasteiger charge is -2.08. The highest BCUT2D eigenvalue weighted by Gasteiger charge is 2.02. The number of benzene rings is 4. The van der Waals surface area contributed by atoms with Crippen LogP contribution in [0.25, 0.3) is 0 Å². The number of rotatable bonds is 22. The van der Waals surface area contributed by atoms with Crippen LogP contribution in [0, 0.1) is 60.2 Å². The lowest BCUT2D eigenvalue weighted by Crippen LogP contribution is -2.01. The number of hydrogen-bond acceptors (Lipinski definition) is 4. The van der Waals surface area contributed by atoms with Gasteiger partial charge in [-0.1, -0.05) is 294 Å². The van der Waals surface area contributed by atoms with E-state index in [0.717, 1.165) is 72.2 Å². The first-order valence-corrected chi connectivity index (χ1v) is 33.0. The zero-order valence-corrected chi connectivity index (χ0v) is 59.6. The average molecular weight is 1170 g/mol. The Kier molecular flexibility index (Phi) is 59.5. The summed E-state index contributed by atoms with van der Waals surface area (Å²) in [5.74, 6) is 8.26. The van der Waals surface area contributed by atoms with Crippen molar-refractivity contribution in [3.05, 3.63) is 202 Å². The zero-order valence-electron chi connectivity index (χ0n) is 59.6. The van der Waals surface area contributed by atoms with Crippen LogP contribution < -0.4 is 0 Å². The molecule has 0 spiro atoms. The Morgan fingerprint density at radius 3 is 1.14 bits per heavy atom. The smallest absolute Gasteiger partial charge is 0.104 e. The molecule has 5 aromatic rings. The van der Waals surface area contributed by atoms with Gasteiger partial charge in [0.2, 0.25) is 0 Å². The average Bonchev–Trinajstić information content (AvgIpc) is 4.03. The normalized spacial score (nSPS) is 11.2. The summed E-state index contributed by atoms with van der Waals surface area (Å²) in [5.41, 5.74) is 10.7. The topological polar surface area (TPSA) is 73.8 Å². The van der Waals surface area contributed by atoms with Gasteiger partial charge in [0.05, 0.1) is 19.5 Å². The highest BCUT2D eigenvalue weighted by molar-refractivity contribution is 5.22. The second-order valence-electron chi connectivity index (χ2n) is 27.2. The van der Waals surface area contributed by atoms with Crippen molar-refractivity contribution in [1.29, 1.82) is 0 Å². The third kappa shape index (κ3) is 68.2. The van der Waals surface area contributed by atoms with Gasteiger partial charge in [0.1, 0.15) is 5.76 Å². The maximum absolute atomic E-state index is 8.65.